The van der Waals surface area contributed by atoms with Gasteiger partial charge in [-0.3, -0.25) is 4.79 Å². The van der Waals surface area contributed by atoms with Gasteiger partial charge in [0.1, 0.15) is 0 Å². The van der Waals surface area contributed by atoms with Gasteiger partial charge in [0, 0.05) is 19.0 Å². The molecule has 60 valence electrons. The molecule has 1 atom stereocenters. The van der Waals surface area contributed by atoms with E-state index in [1.807, 2.05) is 13.8 Å². The Balaban J connectivity index is 3.26. The molecule has 0 aromatic heterocycles. The van der Waals surface area contributed by atoms with Crippen molar-refractivity contribution in [2.45, 2.75) is 32.7 Å². The van der Waals surface area contributed by atoms with Gasteiger partial charge in [0.05, 0.1) is 0 Å². The monoisotopic (exact) mass is 144 g/mol. The molecule has 0 aromatic rings. The maximum Gasteiger partial charge on any atom is 0.221 e. The maximum atomic E-state index is 10.8. The lowest BCUT2D eigenvalue weighted by atomic mass is 10.2. The Hall–Kier alpha value is -0.570. The number of carbonyl (C=O) groups excluding carboxylic acids is 1. The summed E-state index contributed by atoms with van der Waals surface area (Å²) in [6.07, 6.45) is 1.41. The Morgan fingerprint density at radius 1 is 1.70 bits per heavy atom. The second-order valence-corrected chi connectivity index (χ2v) is 2.53. The number of rotatable bonds is 4. The second kappa shape index (κ2) is 5.23. The van der Waals surface area contributed by atoms with Crippen LogP contribution in [-0.4, -0.2) is 18.5 Å². The van der Waals surface area contributed by atoms with Crippen molar-refractivity contribution in [3.8, 4) is 0 Å². The molecule has 0 saturated carbocycles. The van der Waals surface area contributed by atoms with Crippen molar-refractivity contribution in [3.63, 3.8) is 0 Å². The lowest BCUT2D eigenvalue weighted by Crippen LogP contribution is -2.30. The smallest absolute Gasteiger partial charge is 0.221 e. The van der Waals surface area contributed by atoms with Gasteiger partial charge in [-0.15, -0.1) is 0 Å². The Kier molecular flexibility index (Phi) is 4.94. The van der Waals surface area contributed by atoms with E-state index in [-0.39, 0.29) is 11.9 Å². The minimum atomic E-state index is -0.0307. The Bertz CT molecular complexity index is 102. The zero-order chi connectivity index (χ0) is 7.98. The van der Waals surface area contributed by atoms with Crippen molar-refractivity contribution in [1.29, 1.82) is 0 Å². The van der Waals surface area contributed by atoms with Crippen molar-refractivity contribution in [2.75, 3.05) is 6.54 Å². The zero-order valence-electron chi connectivity index (χ0n) is 6.68. The van der Waals surface area contributed by atoms with Crippen molar-refractivity contribution in [2.24, 2.45) is 5.73 Å². The number of nitrogens with one attached hydrogen (secondary N) is 1. The molecule has 0 aliphatic heterocycles. The highest BCUT2D eigenvalue weighted by Crippen LogP contribution is 1.84. The molecule has 0 bridgehead atoms. The van der Waals surface area contributed by atoms with E-state index in [4.69, 9.17) is 5.73 Å². The number of hydrogen-bond acceptors (Lipinski definition) is 2. The fourth-order valence-corrected chi connectivity index (χ4v) is 0.629. The van der Waals surface area contributed by atoms with Crippen LogP contribution in [0, 0.1) is 0 Å². The van der Waals surface area contributed by atoms with Crippen LogP contribution < -0.4 is 11.1 Å². The van der Waals surface area contributed by atoms with Crippen LogP contribution in [0.2, 0.25) is 0 Å². The summed E-state index contributed by atoms with van der Waals surface area (Å²) in [4.78, 5) is 10.8. The van der Waals surface area contributed by atoms with Gasteiger partial charge in [-0.1, -0.05) is 6.92 Å². The molecular formula is C7H16N2O. The van der Waals surface area contributed by atoms with Gasteiger partial charge in [0.15, 0.2) is 0 Å². The molecule has 0 aliphatic carbocycles. The molecule has 0 unspecified atom stereocenters. The second-order valence-electron chi connectivity index (χ2n) is 2.53. The first kappa shape index (κ1) is 9.43. The average molecular weight is 144 g/mol. The number of nitrogens with two attached hydrogens (primary N) is 1. The van der Waals surface area contributed by atoms with Crippen LogP contribution in [0.4, 0.5) is 0 Å². The van der Waals surface area contributed by atoms with Gasteiger partial charge in [-0.25, -0.2) is 0 Å². The summed E-state index contributed by atoms with van der Waals surface area (Å²) in [5.74, 6) is 0.0526. The highest BCUT2D eigenvalue weighted by molar-refractivity contribution is 5.76. The van der Waals surface area contributed by atoms with Crippen molar-refractivity contribution < 1.29 is 4.79 Å². The molecule has 0 radical (unpaired) electrons. The van der Waals surface area contributed by atoms with E-state index < -0.39 is 0 Å². The molecule has 3 heteroatoms. The van der Waals surface area contributed by atoms with Crippen LogP contribution in [0.1, 0.15) is 26.7 Å². The molecule has 0 saturated heterocycles. The maximum absolute atomic E-state index is 10.8. The van der Waals surface area contributed by atoms with Gasteiger partial charge in [0.25, 0.3) is 0 Å². The lowest BCUT2D eigenvalue weighted by Gasteiger charge is -2.04. The predicted molar refractivity (Wildman–Crippen MR) is 41.6 cm³/mol. The highest BCUT2D eigenvalue weighted by atomic mass is 16.1. The highest BCUT2D eigenvalue weighted by Gasteiger charge is 2.01. The standard InChI is InChI=1S/C7H16N2O/c1-3-4-9-7(10)5-6(2)8/h6H,3-5,8H2,1-2H3,(H,9,10)/t6-/m1/s1. The van der Waals surface area contributed by atoms with Crippen LogP contribution in [0.3, 0.4) is 0 Å². The number of hydrogen-bond donors (Lipinski definition) is 2. The Morgan fingerprint density at radius 2 is 2.30 bits per heavy atom. The molecule has 0 aliphatic rings. The van der Waals surface area contributed by atoms with E-state index >= 15 is 0 Å². The quantitative estimate of drug-likeness (QED) is 0.594. The summed E-state index contributed by atoms with van der Waals surface area (Å²) in [6.45, 7) is 4.60. The topological polar surface area (TPSA) is 55.1 Å². The first-order valence-corrected chi connectivity index (χ1v) is 3.69. The predicted octanol–water partition coefficient (Wildman–Crippen LogP) is 0.250. The summed E-state index contributed by atoms with van der Waals surface area (Å²) in [5, 5.41) is 2.74. The van der Waals surface area contributed by atoms with E-state index in [2.05, 4.69) is 5.32 Å². The van der Waals surface area contributed by atoms with Crippen LogP contribution in [0.5, 0.6) is 0 Å². The minimum Gasteiger partial charge on any atom is -0.356 e. The van der Waals surface area contributed by atoms with Crippen molar-refractivity contribution in [3.05, 3.63) is 0 Å². The van der Waals surface area contributed by atoms with Gasteiger partial charge >= 0.3 is 0 Å². The minimum absolute atomic E-state index is 0.0307. The van der Waals surface area contributed by atoms with Gasteiger partial charge in [-0.05, 0) is 13.3 Å². The third kappa shape index (κ3) is 5.56. The molecule has 0 heterocycles. The van der Waals surface area contributed by atoms with Crippen molar-refractivity contribution >= 4 is 5.91 Å². The van der Waals surface area contributed by atoms with E-state index in [1.54, 1.807) is 0 Å². The summed E-state index contributed by atoms with van der Waals surface area (Å²) < 4.78 is 0. The first-order chi connectivity index (χ1) is 4.66. The third-order valence-electron chi connectivity index (χ3n) is 1.08. The van der Waals surface area contributed by atoms with E-state index in [0.717, 1.165) is 13.0 Å². The van der Waals surface area contributed by atoms with Crippen LogP contribution in [-0.2, 0) is 4.79 Å². The summed E-state index contributed by atoms with van der Waals surface area (Å²) in [6, 6.07) is -0.0307. The average Bonchev–Trinajstić information content (AvgIpc) is 1.82. The van der Waals surface area contributed by atoms with E-state index in [0.29, 0.717) is 6.42 Å². The molecule has 0 aromatic carbocycles. The van der Waals surface area contributed by atoms with Crippen LogP contribution >= 0.6 is 0 Å². The molecule has 1 amide bonds. The first-order valence-electron chi connectivity index (χ1n) is 3.69. The largest absolute Gasteiger partial charge is 0.356 e. The molecule has 3 nitrogen and oxygen atoms in total. The number of amides is 1. The Labute approximate surface area is 62.0 Å². The van der Waals surface area contributed by atoms with E-state index in [9.17, 15) is 4.79 Å². The SMILES string of the molecule is CCCNC(=O)C[C@@H](C)N. The molecule has 0 fully saturated rings. The molecule has 0 rings (SSSR count). The fourth-order valence-electron chi connectivity index (χ4n) is 0.629. The van der Waals surface area contributed by atoms with Crippen molar-refractivity contribution in [1.82, 2.24) is 5.32 Å². The molecule has 0 spiro atoms. The lowest BCUT2D eigenvalue weighted by molar-refractivity contribution is -0.121. The summed E-state index contributed by atoms with van der Waals surface area (Å²) in [7, 11) is 0. The molecular weight excluding hydrogens is 128 g/mol. The fraction of sp³-hybridized carbons (Fsp3) is 0.857. The van der Waals surface area contributed by atoms with Gasteiger partial charge in [-0.2, -0.15) is 0 Å². The van der Waals surface area contributed by atoms with Gasteiger partial charge < -0.3 is 11.1 Å². The van der Waals surface area contributed by atoms with Crippen LogP contribution in [0.25, 0.3) is 0 Å². The zero-order valence-corrected chi connectivity index (χ0v) is 6.68. The normalized spacial score (nSPS) is 12.7. The molecule has 3 N–H and O–H groups in total. The van der Waals surface area contributed by atoms with Crippen LogP contribution in [0.15, 0.2) is 0 Å². The van der Waals surface area contributed by atoms with Gasteiger partial charge in [0.2, 0.25) is 5.91 Å². The Morgan fingerprint density at radius 3 is 2.70 bits per heavy atom. The third-order valence-corrected chi connectivity index (χ3v) is 1.08. The number of carbonyl (C=O) groups is 1. The van der Waals surface area contributed by atoms with E-state index in [1.165, 1.54) is 0 Å². The summed E-state index contributed by atoms with van der Waals surface area (Å²) >= 11 is 0. The summed E-state index contributed by atoms with van der Waals surface area (Å²) in [5.41, 5.74) is 5.40. The molecule has 10 heavy (non-hydrogen) atoms.